The summed E-state index contributed by atoms with van der Waals surface area (Å²) in [7, 11) is 1.94. The highest BCUT2D eigenvalue weighted by Gasteiger charge is 2.13. The lowest BCUT2D eigenvalue weighted by molar-refractivity contribution is 0.488. The zero-order valence-electron chi connectivity index (χ0n) is 12.6. The van der Waals surface area contributed by atoms with E-state index in [4.69, 9.17) is 0 Å². The predicted molar refractivity (Wildman–Crippen MR) is 83.2 cm³/mol. The van der Waals surface area contributed by atoms with Gasteiger partial charge >= 0.3 is 0 Å². The summed E-state index contributed by atoms with van der Waals surface area (Å²) in [6.45, 7) is 6.77. The van der Waals surface area contributed by atoms with Gasteiger partial charge < -0.3 is 9.88 Å². The van der Waals surface area contributed by atoms with Crippen molar-refractivity contribution in [2.75, 3.05) is 7.05 Å². The Bertz CT molecular complexity index is 658. The summed E-state index contributed by atoms with van der Waals surface area (Å²) in [5, 5.41) is 3.32. The molecule has 1 aromatic carbocycles. The van der Waals surface area contributed by atoms with E-state index in [0.29, 0.717) is 6.54 Å². The van der Waals surface area contributed by atoms with E-state index >= 15 is 0 Å². The molecule has 2 aromatic rings. The van der Waals surface area contributed by atoms with E-state index in [1.807, 2.05) is 26.2 Å². The molecule has 1 N–H and O–H groups in total. The van der Waals surface area contributed by atoms with Gasteiger partial charge in [-0.15, -0.1) is 0 Å². The number of nitrogens with one attached hydrogen (secondary N) is 1. The molecule has 1 heterocycles. The van der Waals surface area contributed by atoms with Crippen molar-refractivity contribution in [3.05, 3.63) is 69.1 Å². The van der Waals surface area contributed by atoms with Gasteiger partial charge in [-0.1, -0.05) is 23.8 Å². The van der Waals surface area contributed by atoms with Crippen LogP contribution in [-0.4, -0.2) is 11.6 Å². The van der Waals surface area contributed by atoms with Crippen LogP contribution in [0, 0.1) is 20.8 Å². The van der Waals surface area contributed by atoms with Crippen LogP contribution in [0.4, 0.5) is 0 Å². The maximum Gasteiger partial charge on any atom is 0.250 e. The second kappa shape index (κ2) is 6.06. The number of likely N-dealkylation sites (N-methyl/N-ethyl adjacent to an activating group) is 1. The smallest absolute Gasteiger partial charge is 0.250 e. The normalized spacial score (nSPS) is 12.4. The van der Waals surface area contributed by atoms with Gasteiger partial charge in [0.15, 0.2) is 0 Å². The van der Waals surface area contributed by atoms with Crippen molar-refractivity contribution in [2.24, 2.45) is 0 Å². The molecule has 0 fully saturated rings. The Labute approximate surface area is 120 Å². The van der Waals surface area contributed by atoms with Crippen molar-refractivity contribution in [1.82, 2.24) is 9.88 Å². The summed E-state index contributed by atoms with van der Waals surface area (Å²) < 4.78 is 1.76. The summed E-state index contributed by atoms with van der Waals surface area (Å²) in [6, 6.07) is 10.2. The molecule has 0 aliphatic rings. The summed E-state index contributed by atoms with van der Waals surface area (Å²) in [5.41, 5.74) is 4.78. The van der Waals surface area contributed by atoms with Crippen LogP contribution in [-0.2, 0) is 6.54 Å². The third-order valence-electron chi connectivity index (χ3n) is 3.69. The number of benzene rings is 1. The van der Waals surface area contributed by atoms with E-state index in [0.717, 1.165) is 5.56 Å². The largest absolute Gasteiger partial charge is 0.314 e. The average Bonchev–Trinajstić information content (AvgIpc) is 2.41. The number of nitrogens with zero attached hydrogens (tertiary/aromatic N) is 1. The van der Waals surface area contributed by atoms with E-state index in [1.165, 1.54) is 16.7 Å². The molecule has 0 radical (unpaired) electrons. The monoisotopic (exact) mass is 270 g/mol. The lowest BCUT2D eigenvalue weighted by Crippen LogP contribution is -2.28. The molecule has 0 spiro atoms. The highest BCUT2D eigenvalue weighted by atomic mass is 16.1. The zero-order chi connectivity index (χ0) is 14.7. The van der Waals surface area contributed by atoms with Crippen molar-refractivity contribution in [1.29, 1.82) is 0 Å². The average molecular weight is 270 g/mol. The van der Waals surface area contributed by atoms with Crippen LogP contribution in [0.3, 0.4) is 0 Å². The van der Waals surface area contributed by atoms with Crippen LogP contribution in [0.1, 0.15) is 28.3 Å². The van der Waals surface area contributed by atoms with Crippen LogP contribution in [0.25, 0.3) is 0 Å². The SMILES string of the molecule is CNC(Cn1ccc(C)cc1=O)c1cc(C)ccc1C. The topological polar surface area (TPSA) is 34.0 Å². The Kier molecular flexibility index (Phi) is 4.40. The molecule has 20 heavy (non-hydrogen) atoms. The predicted octanol–water partition coefficient (Wildman–Crippen LogP) is 2.73. The fourth-order valence-electron chi connectivity index (χ4n) is 2.43. The van der Waals surface area contributed by atoms with Gasteiger partial charge in [0.05, 0.1) is 6.04 Å². The van der Waals surface area contributed by atoms with Crippen molar-refractivity contribution in [2.45, 2.75) is 33.4 Å². The molecular weight excluding hydrogens is 248 g/mol. The zero-order valence-corrected chi connectivity index (χ0v) is 12.6. The Balaban J connectivity index is 2.33. The molecule has 1 unspecified atom stereocenters. The molecule has 106 valence electrons. The van der Waals surface area contributed by atoms with Gasteiger partial charge in [0, 0.05) is 18.8 Å². The third kappa shape index (κ3) is 3.17. The lowest BCUT2D eigenvalue weighted by atomic mass is 9.99. The summed E-state index contributed by atoms with van der Waals surface area (Å²) in [4.78, 5) is 12.0. The molecular formula is C17H22N2O. The number of hydrogen-bond donors (Lipinski definition) is 1. The van der Waals surface area contributed by atoms with Gasteiger partial charge in [-0.05, 0) is 50.6 Å². The quantitative estimate of drug-likeness (QED) is 0.927. The van der Waals surface area contributed by atoms with E-state index in [9.17, 15) is 4.79 Å². The molecule has 3 nitrogen and oxygen atoms in total. The first-order valence-electron chi connectivity index (χ1n) is 6.93. The van der Waals surface area contributed by atoms with Gasteiger partial charge in [-0.25, -0.2) is 0 Å². The van der Waals surface area contributed by atoms with Crippen LogP contribution >= 0.6 is 0 Å². The van der Waals surface area contributed by atoms with E-state index in [-0.39, 0.29) is 11.6 Å². The molecule has 0 amide bonds. The third-order valence-corrected chi connectivity index (χ3v) is 3.69. The van der Waals surface area contributed by atoms with Crippen molar-refractivity contribution < 1.29 is 0 Å². The molecule has 1 aromatic heterocycles. The minimum absolute atomic E-state index is 0.0514. The summed E-state index contributed by atoms with van der Waals surface area (Å²) in [6.07, 6.45) is 1.87. The van der Waals surface area contributed by atoms with Crippen LogP contribution in [0.15, 0.2) is 41.3 Å². The maximum absolute atomic E-state index is 12.0. The van der Waals surface area contributed by atoms with Crippen molar-refractivity contribution in [3.8, 4) is 0 Å². The number of pyridine rings is 1. The van der Waals surface area contributed by atoms with Gasteiger partial charge in [-0.2, -0.15) is 0 Å². The highest BCUT2D eigenvalue weighted by molar-refractivity contribution is 5.33. The van der Waals surface area contributed by atoms with Crippen LogP contribution in [0.5, 0.6) is 0 Å². The van der Waals surface area contributed by atoms with Gasteiger partial charge in [-0.3, -0.25) is 4.79 Å². The Morgan fingerprint density at radius 1 is 1.10 bits per heavy atom. The second-order valence-electron chi connectivity index (χ2n) is 5.40. The van der Waals surface area contributed by atoms with E-state index < -0.39 is 0 Å². The minimum Gasteiger partial charge on any atom is -0.314 e. The first-order valence-corrected chi connectivity index (χ1v) is 6.93. The molecule has 0 saturated carbocycles. The molecule has 1 atom stereocenters. The van der Waals surface area contributed by atoms with Crippen molar-refractivity contribution >= 4 is 0 Å². The molecule has 2 rings (SSSR count). The Hall–Kier alpha value is -1.87. The highest BCUT2D eigenvalue weighted by Crippen LogP contribution is 2.20. The number of hydrogen-bond acceptors (Lipinski definition) is 2. The molecule has 0 aliphatic carbocycles. The van der Waals surface area contributed by atoms with Crippen LogP contribution < -0.4 is 10.9 Å². The van der Waals surface area contributed by atoms with E-state index in [2.05, 4.69) is 37.4 Å². The lowest BCUT2D eigenvalue weighted by Gasteiger charge is -2.20. The molecule has 0 bridgehead atoms. The van der Waals surface area contributed by atoms with E-state index in [1.54, 1.807) is 10.6 Å². The van der Waals surface area contributed by atoms with Crippen molar-refractivity contribution in [3.63, 3.8) is 0 Å². The number of aromatic nitrogens is 1. The first-order chi connectivity index (χ1) is 9.51. The fourth-order valence-corrected chi connectivity index (χ4v) is 2.43. The second-order valence-corrected chi connectivity index (χ2v) is 5.40. The Morgan fingerprint density at radius 3 is 2.45 bits per heavy atom. The van der Waals surface area contributed by atoms with Gasteiger partial charge in [0.2, 0.25) is 0 Å². The first kappa shape index (κ1) is 14.5. The molecule has 0 aliphatic heterocycles. The standard InChI is InChI=1S/C17H22N2O/c1-12-5-6-14(3)15(9-12)16(18-4)11-19-8-7-13(2)10-17(19)20/h5-10,16,18H,11H2,1-4H3. The summed E-state index contributed by atoms with van der Waals surface area (Å²) >= 11 is 0. The van der Waals surface area contributed by atoms with Gasteiger partial charge in [0.1, 0.15) is 0 Å². The number of rotatable bonds is 4. The Morgan fingerprint density at radius 2 is 1.80 bits per heavy atom. The molecule has 0 saturated heterocycles. The van der Waals surface area contributed by atoms with Crippen LogP contribution in [0.2, 0.25) is 0 Å². The van der Waals surface area contributed by atoms with Gasteiger partial charge in [0.25, 0.3) is 5.56 Å². The fraction of sp³-hybridized carbons (Fsp3) is 0.353. The maximum atomic E-state index is 12.0. The summed E-state index contributed by atoms with van der Waals surface area (Å²) in [5.74, 6) is 0. The molecule has 3 heteroatoms. The number of aryl methyl sites for hydroxylation is 3. The minimum atomic E-state index is 0.0514.